The van der Waals surface area contributed by atoms with Gasteiger partial charge in [0.25, 0.3) is 0 Å². The molecule has 0 amide bonds. The number of rotatable bonds is 2. The van der Waals surface area contributed by atoms with Crippen LogP contribution < -0.4 is 5.32 Å². The Balaban J connectivity index is 2.11. The highest BCUT2D eigenvalue weighted by atomic mass is 16.3. The fourth-order valence-electron chi connectivity index (χ4n) is 2.40. The molecule has 0 aliphatic carbocycles. The lowest BCUT2D eigenvalue weighted by Crippen LogP contribution is -2.50. The van der Waals surface area contributed by atoms with Crippen LogP contribution in [0.2, 0.25) is 0 Å². The largest absolute Gasteiger partial charge is 0.394 e. The minimum atomic E-state index is -0.0985. The summed E-state index contributed by atoms with van der Waals surface area (Å²) in [5.74, 6) is 0.588. The van der Waals surface area contributed by atoms with Gasteiger partial charge >= 0.3 is 0 Å². The van der Waals surface area contributed by atoms with Crippen molar-refractivity contribution in [2.24, 2.45) is 0 Å². The van der Waals surface area contributed by atoms with Crippen molar-refractivity contribution >= 4 is 0 Å². The van der Waals surface area contributed by atoms with Crippen molar-refractivity contribution in [1.82, 2.24) is 5.32 Å². The Labute approximate surface area is 91.3 Å². The molecule has 1 aromatic carbocycles. The number of hydrogen-bond acceptors (Lipinski definition) is 2. The second-order valence-corrected chi connectivity index (χ2v) is 4.75. The topological polar surface area (TPSA) is 32.3 Å². The highest BCUT2D eigenvalue weighted by Gasteiger charge is 2.31. The minimum absolute atomic E-state index is 0.0985. The smallest absolute Gasteiger partial charge is 0.0610 e. The Morgan fingerprint density at radius 1 is 1.40 bits per heavy atom. The molecule has 1 aromatic rings. The third kappa shape index (κ3) is 2.39. The van der Waals surface area contributed by atoms with Gasteiger partial charge < -0.3 is 10.4 Å². The van der Waals surface area contributed by atoms with E-state index < -0.39 is 0 Å². The Hall–Kier alpha value is -0.860. The molecule has 0 radical (unpaired) electrons. The first-order chi connectivity index (χ1) is 7.23. The van der Waals surface area contributed by atoms with Crippen molar-refractivity contribution in [2.75, 3.05) is 13.2 Å². The van der Waals surface area contributed by atoms with Gasteiger partial charge in [0, 0.05) is 5.54 Å². The van der Waals surface area contributed by atoms with Gasteiger partial charge in [0.15, 0.2) is 0 Å². The molecule has 0 aromatic heterocycles. The average molecular weight is 205 g/mol. The van der Waals surface area contributed by atoms with Crippen molar-refractivity contribution < 1.29 is 5.11 Å². The Morgan fingerprint density at radius 2 is 2.13 bits per heavy atom. The molecule has 2 heteroatoms. The van der Waals surface area contributed by atoms with E-state index in [1.165, 1.54) is 12.0 Å². The van der Waals surface area contributed by atoms with Crippen molar-refractivity contribution in [3.63, 3.8) is 0 Å². The van der Waals surface area contributed by atoms with E-state index in [9.17, 15) is 5.11 Å². The van der Waals surface area contributed by atoms with E-state index in [1.807, 2.05) is 0 Å². The third-order valence-corrected chi connectivity index (χ3v) is 3.36. The van der Waals surface area contributed by atoms with E-state index >= 15 is 0 Å². The average Bonchev–Trinajstić information content (AvgIpc) is 2.30. The quantitative estimate of drug-likeness (QED) is 0.773. The Kier molecular flexibility index (Phi) is 3.08. The summed E-state index contributed by atoms with van der Waals surface area (Å²) in [7, 11) is 0. The summed E-state index contributed by atoms with van der Waals surface area (Å²) in [4.78, 5) is 0. The predicted octanol–water partition coefficient (Wildman–Crippen LogP) is 1.90. The van der Waals surface area contributed by atoms with Gasteiger partial charge in [-0.3, -0.25) is 0 Å². The van der Waals surface area contributed by atoms with Gasteiger partial charge in [0.05, 0.1) is 6.61 Å². The number of aliphatic hydroxyl groups excluding tert-OH is 1. The van der Waals surface area contributed by atoms with E-state index in [2.05, 4.69) is 42.6 Å². The highest BCUT2D eigenvalue weighted by Crippen LogP contribution is 2.32. The van der Waals surface area contributed by atoms with Crippen molar-refractivity contribution in [3.05, 3.63) is 35.9 Å². The van der Waals surface area contributed by atoms with Crippen LogP contribution >= 0.6 is 0 Å². The molecular formula is C13H19NO. The molecule has 15 heavy (non-hydrogen) atoms. The summed E-state index contributed by atoms with van der Waals surface area (Å²) < 4.78 is 0. The van der Waals surface area contributed by atoms with Gasteiger partial charge in [-0.2, -0.15) is 0 Å². The van der Waals surface area contributed by atoms with Gasteiger partial charge in [-0.05, 0) is 37.8 Å². The Bertz CT molecular complexity index is 312. The van der Waals surface area contributed by atoms with Crippen LogP contribution in [0.1, 0.15) is 31.2 Å². The lowest BCUT2D eigenvalue weighted by atomic mass is 9.80. The minimum Gasteiger partial charge on any atom is -0.394 e. The molecule has 1 heterocycles. The first kappa shape index (κ1) is 10.7. The SMILES string of the molecule is CC1(CO)CC(c2ccccc2)CCN1. The number of benzene rings is 1. The number of aliphatic hydroxyl groups is 1. The van der Waals surface area contributed by atoms with Crippen LogP contribution in [0.15, 0.2) is 30.3 Å². The van der Waals surface area contributed by atoms with Gasteiger partial charge in [-0.1, -0.05) is 30.3 Å². The van der Waals surface area contributed by atoms with E-state index in [-0.39, 0.29) is 12.1 Å². The van der Waals surface area contributed by atoms with Crippen molar-refractivity contribution in [2.45, 2.75) is 31.2 Å². The van der Waals surface area contributed by atoms with Gasteiger partial charge in [-0.15, -0.1) is 0 Å². The van der Waals surface area contributed by atoms with E-state index in [0.29, 0.717) is 5.92 Å². The molecule has 1 saturated heterocycles. The molecule has 0 spiro atoms. The first-order valence-electron chi connectivity index (χ1n) is 5.64. The second kappa shape index (κ2) is 4.33. The standard InChI is InChI=1S/C13H19NO/c1-13(10-15)9-12(7-8-14-13)11-5-3-2-4-6-11/h2-6,12,14-15H,7-10H2,1H3. The fourth-order valence-corrected chi connectivity index (χ4v) is 2.40. The van der Waals surface area contributed by atoms with E-state index in [4.69, 9.17) is 0 Å². The predicted molar refractivity (Wildman–Crippen MR) is 61.9 cm³/mol. The van der Waals surface area contributed by atoms with Crippen LogP contribution in [0.25, 0.3) is 0 Å². The zero-order chi connectivity index (χ0) is 10.7. The first-order valence-corrected chi connectivity index (χ1v) is 5.64. The maximum absolute atomic E-state index is 9.35. The zero-order valence-electron chi connectivity index (χ0n) is 9.24. The Morgan fingerprint density at radius 3 is 2.80 bits per heavy atom. The summed E-state index contributed by atoms with van der Waals surface area (Å²) in [6.45, 7) is 3.31. The van der Waals surface area contributed by atoms with Gasteiger partial charge in [0.2, 0.25) is 0 Å². The molecule has 1 aliphatic rings. The molecule has 1 aliphatic heterocycles. The van der Waals surface area contributed by atoms with Crippen molar-refractivity contribution in [3.8, 4) is 0 Å². The van der Waals surface area contributed by atoms with Crippen molar-refractivity contribution in [1.29, 1.82) is 0 Å². The summed E-state index contributed by atoms with van der Waals surface area (Å²) in [5, 5.41) is 12.7. The van der Waals surface area contributed by atoms with Crippen LogP contribution in [0.5, 0.6) is 0 Å². The normalized spacial score (nSPS) is 31.5. The van der Waals surface area contributed by atoms with E-state index in [1.54, 1.807) is 0 Å². The molecule has 2 N–H and O–H groups in total. The summed E-state index contributed by atoms with van der Waals surface area (Å²) in [6, 6.07) is 10.6. The zero-order valence-corrected chi connectivity index (χ0v) is 9.24. The fraction of sp³-hybridized carbons (Fsp3) is 0.538. The molecule has 0 bridgehead atoms. The van der Waals surface area contributed by atoms with Gasteiger partial charge in [-0.25, -0.2) is 0 Å². The number of hydrogen-bond donors (Lipinski definition) is 2. The van der Waals surface area contributed by atoms with E-state index in [0.717, 1.165) is 13.0 Å². The highest BCUT2D eigenvalue weighted by molar-refractivity contribution is 5.21. The van der Waals surface area contributed by atoms with Crippen LogP contribution in [0.4, 0.5) is 0 Å². The van der Waals surface area contributed by atoms with Crippen LogP contribution in [-0.4, -0.2) is 23.8 Å². The van der Waals surface area contributed by atoms with Crippen LogP contribution in [0.3, 0.4) is 0 Å². The molecule has 2 rings (SSSR count). The maximum Gasteiger partial charge on any atom is 0.0610 e. The molecule has 2 unspecified atom stereocenters. The van der Waals surface area contributed by atoms with Gasteiger partial charge in [0.1, 0.15) is 0 Å². The molecule has 2 nitrogen and oxygen atoms in total. The summed E-state index contributed by atoms with van der Waals surface area (Å²) >= 11 is 0. The summed E-state index contributed by atoms with van der Waals surface area (Å²) in [5.41, 5.74) is 1.30. The van der Waals surface area contributed by atoms with Crippen LogP contribution in [-0.2, 0) is 0 Å². The molecule has 1 fully saturated rings. The monoisotopic (exact) mass is 205 g/mol. The molecule has 0 saturated carbocycles. The number of piperidine rings is 1. The van der Waals surface area contributed by atoms with Crippen LogP contribution in [0, 0.1) is 0 Å². The molecule has 2 atom stereocenters. The lowest BCUT2D eigenvalue weighted by molar-refractivity contribution is 0.137. The number of nitrogens with one attached hydrogen (secondary N) is 1. The lowest BCUT2D eigenvalue weighted by Gasteiger charge is -2.38. The second-order valence-electron chi connectivity index (χ2n) is 4.75. The third-order valence-electron chi connectivity index (χ3n) is 3.36. The summed E-state index contributed by atoms with van der Waals surface area (Å²) in [6.07, 6.45) is 2.19. The molecular weight excluding hydrogens is 186 g/mol. The maximum atomic E-state index is 9.35. The molecule has 82 valence electrons.